The minimum Gasteiger partial charge on any atom is -0.465 e. The van der Waals surface area contributed by atoms with Gasteiger partial charge in [-0.2, -0.15) is 0 Å². The number of benzene rings is 2. The lowest BCUT2D eigenvalue weighted by molar-refractivity contribution is 0.0601. The van der Waals surface area contributed by atoms with Crippen molar-refractivity contribution in [1.29, 1.82) is 0 Å². The molecule has 0 radical (unpaired) electrons. The Morgan fingerprint density at radius 2 is 1.72 bits per heavy atom. The van der Waals surface area contributed by atoms with Gasteiger partial charge in [0.2, 0.25) is 0 Å². The number of esters is 1. The smallest absolute Gasteiger partial charge is 0.339 e. The number of hydrogen-bond acceptors (Lipinski definition) is 4. The van der Waals surface area contributed by atoms with Gasteiger partial charge in [-0.3, -0.25) is 4.79 Å². The number of hydrogen-bond donors (Lipinski definition) is 2. The van der Waals surface area contributed by atoms with E-state index in [1.165, 1.54) is 7.11 Å². The number of nitrogens with one attached hydrogen (secondary N) is 2. The van der Waals surface area contributed by atoms with Crippen LogP contribution in [0.5, 0.6) is 0 Å². The fourth-order valence-corrected chi connectivity index (χ4v) is 4.29. The molecule has 1 saturated heterocycles. The van der Waals surface area contributed by atoms with Gasteiger partial charge in [0, 0.05) is 24.2 Å². The van der Waals surface area contributed by atoms with Crippen molar-refractivity contribution < 1.29 is 19.1 Å². The lowest BCUT2D eigenvalue weighted by atomic mass is 10.0. The van der Waals surface area contributed by atoms with Crippen LogP contribution in [0.25, 0.3) is 0 Å². The largest absolute Gasteiger partial charge is 0.465 e. The highest BCUT2D eigenvalue weighted by Crippen LogP contribution is 2.38. The summed E-state index contributed by atoms with van der Waals surface area (Å²) in [5.41, 5.74) is 1.39. The fourth-order valence-electron chi connectivity index (χ4n) is 4.29. The molecule has 2 aliphatic rings. The molecule has 3 atom stereocenters. The first-order chi connectivity index (χ1) is 14.1. The number of likely N-dealkylation sites (tertiary alicyclic amines) is 1. The number of rotatable bonds is 4. The van der Waals surface area contributed by atoms with Crippen molar-refractivity contribution in [3.8, 4) is 0 Å². The topological polar surface area (TPSA) is 87.7 Å². The molecular formula is C22H23N3O4. The number of methoxy groups -OCH3 is 1. The Hall–Kier alpha value is -3.35. The molecule has 29 heavy (non-hydrogen) atoms. The Morgan fingerprint density at radius 1 is 1.00 bits per heavy atom. The summed E-state index contributed by atoms with van der Waals surface area (Å²) in [5, 5.41) is 5.94. The Labute approximate surface area is 169 Å². The number of ether oxygens (including phenoxy) is 1. The van der Waals surface area contributed by atoms with Crippen molar-refractivity contribution in [3.05, 3.63) is 65.7 Å². The molecule has 1 aliphatic heterocycles. The first-order valence-corrected chi connectivity index (χ1v) is 9.67. The highest BCUT2D eigenvalue weighted by molar-refractivity contribution is 6.01. The lowest BCUT2D eigenvalue weighted by Gasteiger charge is -2.32. The third kappa shape index (κ3) is 3.81. The van der Waals surface area contributed by atoms with Gasteiger partial charge in [-0.05, 0) is 43.0 Å². The molecule has 4 rings (SSSR count). The zero-order chi connectivity index (χ0) is 20.4. The molecule has 2 bridgehead atoms. The van der Waals surface area contributed by atoms with E-state index in [0.717, 1.165) is 12.8 Å². The lowest BCUT2D eigenvalue weighted by Crippen LogP contribution is -2.48. The van der Waals surface area contributed by atoms with Crippen molar-refractivity contribution in [3.63, 3.8) is 0 Å². The van der Waals surface area contributed by atoms with Crippen molar-refractivity contribution in [2.45, 2.75) is 24.9 Å². The minimum atomic E-state index is -0.493. The first-order valence-electron chi connectivity index (χ1n) is 9.67. The van der Waals surface area contributed by atoms with Gasteiger partial charge in [0.15, 0.2) is 0 Å². The monoisotopic (exact) mass is 393 g/mol. The number of amides is 3. The van der Waals surface area contributed by atoms with Crippen LogP contribution in [-0.2, 0) is 4.74 Å². The third-order valence-electron chi connectivity index (χ3n) is 5.73. The number of urea groups is 1. The third-order valence-corrected chi connectivity index (χ3v) is 5.73. The average Bonchev–Trinajstić information content (AvgIpc) is 3.35. The Balaban J connectivity index is 1.37. The standard InChI is InChI=1S/C22H23N3O4/c1-29-21(27)17-9-5-6-10-18(17)24-22(28)25-13-15-11-16(25)12-19(15)23-20(26)14-7-3-2-4-8-14/h2-10,15-16,19H,11-13H2,1H3,(H,23,26)(H,24,28). The zero-order valence-corrected chi connectivity index (χ0v) is 16.1. The van der Waals surface area contributed by atoms with Crippen LogP contribution in [0.1, 0.15) is 33.6 Å². The number of fused-ring (bicyclic) bond motifs is 2. The van der Waals surface area contributed by atoms with Crippen molar-refractivity contribution >= 4 is 23.6 Å². The summed E-state index contributed by atoms with van der Waals surface area (Å²) in [4.78, 5) is 38.9. The molecule has 0 spiro atoms. The zero-order valence-electron chi connectivity index (χ0n) is 16.1. The second-order valence-electron chi connectivity index (χ2n) is 7.45. The van der Waals surface area contributed by atoms with Gasteiger partial charge in [0.05, 0.1) is 18.4 Å². The van der Waals surface area contributed by atoms with Crippen molar-refractivity contribution in [2.24, 2.45) is 5.92 Å². The second kappa shape index (κ2) is 7.95. The molecule has 3 amide bonds. The van der Waals surface area contributed by atoms with E-state index in [1.54, 1.807) is 41.3 Å². The molecule has 2 fully saturated rings. The summed E-state index contributed by atoms with van der Waals surface area (Å²) < 4.78 is 4.78. The summed E-state index contributed by atoms with van der Waals surface area (Å²) in [5.74, 6) is -0.340. The van der Waals surface area contributed by atoms with E-state index in [0.29, 0.717) is 23.4 Å². The van der Waals surface area contributed by atoms with Crippen LogP contribution in [-0.4, -0.2) is 48.5 Å². The average molecular weight is 393 g/mol. The van der Waals surface area contributed by atoms with Gasteiger partial charge in [-0.1, -0.05) is 30.3 Å². The SMILES string of the molecule is COC(=O)c1ccccc1NC(=O)N1CC2CC1CC2NC(=O)c1ccccc1. The highest BCUT2D eigenvalue weighted by atomic mass is 16.5. The summed E-state index contributed by atoms with van der Waals surface area (Å²) in [7, 11) is 1.31. The Kier molecular flexibility index (Phi) is 5.20. The Bertz CT molecular complexity index is 931. The van der Waals surface area contributed by atoms with Crippen LogP contribution < -0.4 is 10.6 Å². The number of piperidine rings is 1. The molecule has 150 valence electrons. The predicted molar refractivity (Wildman–Crippen MR) is 108 cm³/mol. The van der Waals surface area contributed by atoms with Gasteiger partial charge >= 0.3 is 12.0 Å². The van der Waals surface area contributed by atoms with Crippen molar-refractivity contribution in [2.75, 3.05) is 19.0 Å². The van der Waals surface area contributed by atoms with Crippen LogP contribution in [0, 0.1) is 5.92 Å². The van der Waals surface area contributed by atoms with Crippen LogP contribution >= 0.6 is 0 Å². The minimum absolute atomic E-state index is 0.0686. The molecule has 3 unspecified atom stereocenters. The van der Waals surface area contributed by atoms with E-state index >= 15 is 0 Å². The van der Waals surface area contributed by atoms with Gasteiger partial charge in [-0.25, -0.2) is 9.59 Å². The van der Waals surface area contributed by atoms with E-state index in [-0.39, 0.29) is 29.9 Å². The van der Waals surface area contributed by atoms with E-state index in [4.69, 9.17) is 4.74 Å². The molecule has 1 heterocycles. The van der Waals surface area contributed by atoms with Crippen molar-refractivity contribution in [1.82, 2.24) is 10.2 Å². The van der Waals surface area contributed by atoms with Crippen LogP contribution in [0.15, 0.2) is 54.6 Å². The molecule has 2 aromatic rings. The van der Waals surface area contributed by atoms with Crippen LogP contribution in [0.2, 0.25) is 0 Å². The van der Waals surface area contributed by atoms with E-state index < -0.39 is 5.97 Å². The normalized spacial score (nSPS) is 22.2. The number of carbonyl (C=O) groups excluding carboxylic acids is 3. The second-order valence-corrected chi connectivity index (χ2v) is 7.45. The van der Waals surface area contributed by atoms with Crippen LogP contribution in [0.4, 0.5) is 10.5 Å². The first kappa shape index (κ1) is 19.0. The van der Waals surface area contributed by atoms with E-state index in [1.807, 2.05) is 18.2 Å². The summed E-state index contributed by atoms with van der Waals surface area (Å²) in [6, 6.07) is 15.8. The quantitative estimate of drug-likeness (QED) is 0.782. The van der Waals surface area contributed by atoms with Gasteiger partial charge in [0.1, 0.15) is 0 Å². The van der Waals surface area contributed by atoms with Gasteiger partial charge in [-0.15, -0.1) is 0 Å². The molecule has 7 nitrogen and oxygen atoms in total. The molecule has 7 heteroatoms. The molecule has 2 aromatic carbocycles. The molecule has 2 N–H and O–H groups in total. The van der Waals surface area contributed by atoms with E-state index in [2.05, 4.69) is 10.6 Å². The van der Waals surface area contributed by atoms with Crippen LogP contribution in [0.3, 0.4) is 0 Å². The Morgan fingerprint density at radius 3 is 2.41 bits per heavy atom. The van der Waals surface area contributed by atoms with Gasteiger partial charge in [0.25, 0.3) is 5.91 Å². The molecular weight excluding hydrogens is 370 g/mol. The molecule has 1 saturated carbocycles. The molecule has 1 aliphatic carbocycles. The number of para-hydroxylation sites is 1. The predicted octanol–water partition coefficient (Wildman–Crippen LogP) is 2.90. The maximum atomic E-state index is 12.8. The molecule has 0 aromatic heterocycles. The number of carbonyl (C=O) groups is 3. The maximum absolute atomic E-state index is 12.8. The highest BCUT2D eigenvalue weighted by Gasteiger charge is 2.47. The fraction of sp³-hybridized carbons (Fsp3) is 0.318. The summed E-state index contributed by atoms with van der Waals surface area (Å²) in [6.45, 7) is 0.580. The van der Waals surface area contributed by atoms with E-state index in [9.17, 15) is 14.4 Å². The van der Waals surface area contributed by atoms with Gasteiger partial charge < -0.3 is 20.3 Å². The summed E-state index contributed by atoms with van der Waals surface area (Å²) >= 11 is 0. The maximum Gasteiger partial charge on any atom is 0.339 e. The number of nitrogens with zero attached hydrogens (tertiary/aromatic N) is 1. The summed E-state index contributed by atoms with van der Waals surface area (Å²) in [6.07, 6.45) is 1.60. The number of anilines is 1.